The molecule has 0 unspecified atom stereocenters. The van der Waals surface area contributed by atoms with Crippen molar-refractivity contribution in [2.75, 3.05) is 0 Å². The molecule has 0 amide bonds. The Morgan fingerprint density at radius 3 is 2.27 bits per heavy atom. The van der Waals surface area contributed by atoms with Crippen molar-refractivity contribution in [3.05, 3.63) is 28.5 Å². The Bertz CT molecular complexity index is 250. The molecule has 1 aromatic rings. The Balaban J connectivity index is 3.06. The molecule has 1 rings (SSSR count). The van der Waals surface area contributed by atoms with Gasteiger partial charge in [0.25, 0.3) is 0 Å². The van der Waals surface area contributed by atoms with Gasteiger partial charge in [0.2, 0.25) is 0 Å². The largest absolute Gasteiger partial charge is 0.245 e. The molecule has 0 saturated heterocycles. The molecule has 60 valence electrons. The van der Waals surface area contributed by atoms with E-state index in [1.165, 1.54) is 0 Å². The second-order valence-corrected chi connectivity index (χ2v) is 4.41. The highest BCUT2D eigenvalue weighted by molar-refractivity contribution is 9.10. The number of halogens is 1. The predicted octanol–water partition coefficient (Wildman–Crippen LogP) is 3.14. The van der Waals surface area contributed by atoms with E-state index in [9.17, 15) is 0 Å². The van der Waals surface area contributed by atoms with Gasteiger partial charge in [-0.3, -0.25) is 0 Å². The minimum Gasteiger partial charge on any atom is -0.245 e. The summed E-state index contributed by atoms with van der Waals surface area (Å²) in [6.45, 7) is 6.46. The molecule has 0 N–H and O–H groups in total. The molecule has 0 bridgehead atoms. The fourth-order valence-corrected chi connectivity index (χ4v) is 1.17. The molecule has 0 fully saturated rings. The average molecular weight is 214 g/mol. The fraction of sp³-hybridized carbons (Fsp3) is 0.444. The van der Waals surface area contributed by atoms with E-state index in [0.717, 1.165) is 10.3 Å². The van der Waals surface area contributed by atoms with Crippen LogP contribution >= 0.6 is 15.9 Å². The number of pyridine rings is 1. The molecule has 0 aliphatic carbocycles. The summed E-state index contributed by atoms with van der Waals surface area (Å²) in [5.74, 6) is 0. The van der Waals surface area contributed by atoms with Crippen molar-refractivity contribution in [2.24, 2.45) is 0 Å². The van der Waals surface area contributed by atoms with E-state index < -0.39 is 0 Å². The van der Waals surface area contributed by atoms with Crippen LogP contribution in [0.1, 0.15) is 26.5 Å². The molecule has 1 nitrogen and oxygen atoms in total. The van der Waals surface area contributed by atoms with E-state index >= 15 is 0 Å². The molecular weight excluding hydrogens is 202 g/mol. The molecule has 1 aromatic heterocycles. The third-order valence-electron chi connectivity index (χ3n) is 1.48. The van der Waals surface area contributed by atoms with E-state index in [2.05, 4.69) is 41.7 Å². The molecule has 0 aromatic carbocycles. The lowest BCUT2D eigenvalue weighted by molar-refractivity contribution is 0.567. The minimum absolute atomic E-state index is 0.143. The topological polar surface area (TPSA) is 12.9 Å². The SMILES string of the molecule is CC(C)(C)c1cccc(Br)n1. The van der Waals surface area contributed by atoms with Crippen LogP contribution in [0.4, 0.5) is 0 Å². The molecule has 0 radical (unpaired) electrons. The highest BCUT2D eigenvalue weighted by Gasteiger charge is 2.14. The molecule has 0 aliphatic heterocycles. The molecule has 0 saturated carbocycles. The van der Waals surface area contributed by atoms with E-state index in [4.69, 9.17) is 0 Å². The summed E-state index contributed by atoms with van der Waals surface area (Å²) >= 11 is 3.34. The van der Waals surface area contributed by atoms with Gasteiger partial charge < -0.3 is 0 Å². The van der Waals surface area contributed by atoms with Crippen LogP contribution < -0.4 is 0 Å². The van der Waals surface area contributed by atoms with E-state index in [1.807, 2.05) is 18.2 Å². The molecule has 2 heteroatoms. The second kappa shape index (κ2) is 2.94. The Labute approximate surface area is 76.0 Å². The van der Waals surface area contributed by atoms with Gasteiger partial charge in [0.15, 0.2) is 0 Å². The van der Waals surface area contributed by atoms with Gasteiger partial charge in [-0.2, -0.15) is 0 Å². The van der Waals surface area contributed by atoms with Crippen molar-refractivity contribution >= 4 is 15.9 Å². The van der Waals surface area contributed by atoms with Crippen molar-refractivity contribution in [2.45, 2.75) is 26.2 Å². The van der Waals surface area contributed by atoms with Crippen molar-refractivity contribution in [3.8, 4) is 0 Å². The van der Waals surface area contributed by atoms with Crippen LogP contribution in [0.5, 0.6) is 0 Å². The first kappa shape index (κ1) is 8.72. The lowest BCUT2D eigenvalue weighted by Crippen LogP contribution is -2.12. The Morgan fingerprint density at radius 2 is 1.91 bits per heavy atom. The number of aromatic nitrogens is 1. The first-order chi connectivity index (χ1) is 5.00. The molecular formula is C9H12BrN. The number of nitrogens with zero attached hydrogens (tertiary/aromatic N) is 1. The van der Waals surface area contributed by atoms with Crippen molar-refractivity contribution in [3.63, 3.8) is 0 Å². The summed E-state index contributed by atoms with van der Waals surface area (Å²) in [4.78, 5) is 4.36. The highest BCUT2D eigenvalue weighted by Crippen LogP contribution is 2.20. The Hall–Kier alpha value is -0.370. The van der Waals surface area contributed by atoms with E-state index in [0.29, 0.717) is 0 Å². The Kier molecular flexibility index (Phi) is 2.33. The van der Waals surface area contributed by atoms with E-state index in [-0.39, 0.29) is 5.41 Å². The summed E-state index contributed by atoms with van der Waals surface area (Å²) in [6.07, 6.45) is 0. The molecule has 0 aliphatic rings. The van der Waals surface area contributed by atoms with Gasteiger partial charge in [-0.15, -0.1) is 0 Å². The molecule has 0 atom stereocenters. The van der Waals surface area contributed by atoms with Gasteiger partial charge in [-0.05, 0) is 28.1 Å². The third-order valence-corrected chi connectivity index (χ3v) is 1.93. The normalized spacial score (nSPS) is 11.6. The van der Waals surface area contributed by atoms with Crippen molar-refractivity contribution < 1.29 is 0 Å². The van der Waals surface area contributed by atoms with Crippen LogP contribution in [0.3, 0.4) is 0 Å². The predicted molar refractivity (Wildman–Crippen MR) is 50.6 cm³/mol. The van der Waals surface area contributed by atoms with E-state index in [1.54, 1.807) is 0 Å². The summed E-state index contributed by atoms with van der Waals surface area (Å²) in [5.41, 5.74) is 1.26. The standard InChI is InChI=1S/C9H12BrN/c1-9(2,3)7-5-4-6-8(10)11-7/h4-6H,1-3H3. The lowest BCUT2D eigenvalue weighted by Gasteiger charge is -2.17. The summed E-state index contributed by atoms with van der Waals surface area (Å²) in [6, 6.07) is 6.00. The van der Waals surface area contributed by atoms with Crippen molar-refractivity contribution in [1.29, 1.82) is 0 Å². The van der Waals surface area contributed by atoms with Crippen LogP contribution in [0.2, 0.25) is 0 Å². The second-order valence-electron chi connectivity index (χ2n) is 3.60. The minimum atomic E-state index is 0.143. The zero-order chi connectivity index (χ0) is 8.48. The molecule has 11 heavy (non-hydrogen) atoms. The van der Waals surface area contributed by atoms with Crippen LogP contribution in [0, 0.1) is 0 Å². The van der Waals surface area contributed by atoms with Gasteiger partial charge in [-0.25, -0.2) is 4.98 Å². The molecule has 0 spiro atoms. The van der Waals surface area contributed by atoms with Crippen LogP contribution in [0.25, 0.3) is 0 Å². The maximum Gasteiger partial charge on any atom is 0.106 e. The van der Waals surface area contributed by atoms with Crippen molar-refractivity contribution in [1.82, 2.24) is 4.98 Å². The fourth-order valence-electron chi connectivity index (χ4n) is 0.826. The summed E-state index contributed by atoms with van der Waals surface area (Å²) in [5, 5.41) is 0. The van der Waals surface area contributed by atoms with Gasteiger partial charge >= 0.3 is 0 Å². The van der Waals surface area contributed by atoms with Gasteiger partial charge in [0.1, 0.15) is 4.60 Å². The number of hydrogen-bond donors (Lipinski definition) is 0. The summed E-state index contributed by atoms with van der Waals surface area (Å²) in [7, 11) is 0. The third kappa shape index (κ3) is 2.29. The molecule has 1 heterocycles. The zero-order valence-electron chi connectivity index (χ0n) is 7.06. The first-order valence-corrected chi connectivity index (χ1v) is 4.42. The summed E-state index contributed by atoms with van der Waals surface area (Å²) < 4.78 is 0.907. The van der Waals surface area contributed by atoms with Crippen LogP contribution in [0.15, 0.2) is 22.8 Å². The average Bonchev–Trinajstić information content (AvgIpc) is 1.86. The number of rotatable bonds is 0. The maximum atomic E-state index is 4.36. The highest BCUT2D eigenvalue weighted by atomic mass is 79.9. The Morgan fingerprint density at radius 1 is 1.27 bits per heavy atom. The quantitative estimate of drug-likeness (QED) is 0.604. The van der Waals surface area contributed by atoms with Gasteiger partial charge in [-0.1, -0.05) is 26.8 Å². The number of hydrogen-bond acceptors (Lipinski definition) is 1. The first-order valence-electron chi connectivity index (χ1n) is 3.63. The van der Waals surface area contributed by atoms with Crippen LogP contribution in [-0.4, -0.2) is 4.98 Å². The van der Waals surface area contributed by atoms with Gasteiger partial charge in [0.05, 0.1) is 0 Å². The zero-order valence-corrected chi connectivity index (χ0v) is 8.64. The van der Waals surface area contributed by atoms with Crippen LogP contribution in [-0.2, 0) is 5.41 Å². The lowest BCUT2D eigenvalue weighted by atomic mass is 9.92. The monoisotopic (exact) mass is 213 g/mol. The maximum absolute atomic E-state index is 4.36. The van der Waals surface area contributed by atoms with Gasteiger partial charge in [0, 0.05) is 11.1 Å². The smallest absolute Gasteiger partial charge is 0.106 e.